The first-order valence-electron chi connectivity index (χ1n) is 11.1. The number of benzene rings is 3. The molecule has 0 saturated carbocycles. The van der Waals surface area contributed by atoms with Crippen LogP contribution in [0.15, 0.2) is 84.0 Å². The lowest BCUT2D eigenvalue weighted by molar-refractivity contribution is 0.590. The van der Waals surface area contributed by atoms with Crippen LogP contribution in [0.2, 0.25) is 0 Å². The number of aromatic amines is 1. The first-order chi connectivity index (χ1) is 15.4. The number of H-pyrrole nitrogens is 1. The highest BCUT2D eigenvalue weighted by molar-refractivity contribution is 5.84. The first-order valence-corrected chi connectivity index (χ1v) is 11.1. The van der Waals surface area contributed by atoms with Crippen molar-refractivity contribution in [3.8, 4) is 11.1 Å². The van der Waals surface area contributed by atoms with Crippen molar-refractivity contribution in [2.45, 2.75) is 39.2 Å². The lowest BCUT2D eigenvalue weighted by atomic mass is 9.86. The van der Waals surface area contributed by atoms with Gasteiger partial charge in [-0.25, -0.2) is 4.98 Å². The minimum atomic E-state index is 0.00278. The Balaban J connectivity index is 1.45. The molecular weight excluding hydrogens is 394 g/mol. The van der Waals surface area contributed by atoms with Crippen LogP contribution >= 0.6 is 0 Å². The molecule has 4 heteroatoms. The molecule has 0 radical (unpaired) electrons. The Hall–Kier alpha value is -3.66. The van der Waals surface area contributed by atoms with Crippen LogP contribution in [-0.4, -0.2) is 14.5 Å². The quantitative estimate of drug-likeness (QED) is 0.382. The summed E-state index contributed by atoms with van der Waals surface area (Å²) in [6.07, 6.45) is 4.46. The van der Waals surface area contributed by atoms with Crippen molar-refractivity contribution in [1.29, 1.82) is 0 Å². The Morgan fingerprint density at radius 3 is 2.44 bits per heavy atom. The minimum Gasteiger partial charge on any atom is -0.361 e. The summed E-state index contributed by atoms with van der Waals surface area (Å²) in [6.45, 7) is 7.22. The number of rotatable bonds is 4. The predicted octanol–water partition coefficient (Wildman–Crippen LogP) is 6.09. The first kappa shape index (κ1) is 20.3. The minimum absolute atomic E-state index is 0.00278. The second-order valence-corrected chi connectivity index (χ2v) is 9.41. The number of para-hydroxylation sites is 1. The van der Waals surface area contributed by atoms with Gasteiger partial charge in [-0.3, -0.25) is 9.36 Å². The Morgan fingerprint density at radius 2 is 1.66 bits per heavy atom. The number of fused-ring (bicyclic) bond motifs is 2. The van der Waals surface area contributed by atoms with Crippen molar-refractivity contribution < 1.29 is 0 Å². The van der Waals surface area contributed by atoms with Crippen LogP contribution in [-0.2, 0) is 18.4 Å². The van der Waals surface area contributed by atoms with Gasteiger partial charge in [-0.05, 0) is 52.3 Å². The van der Waals surface area contributed by atoms with E-state index in [1.165, 1.54) is 16.5 Å². The van der Waals surface area contributed by atoms with Crippen LogP contribution < -0.4 is 5.56 Å². The maximum absolute atomic E-state index is 13.2. The van der Waals surface area contributed by atoms with Crippen LogP contribution in [0.25, 0.3) is 32.9 Å². The topological polar surface area (TPSA) is 50.7 Å². The molecule has 32 heavy (non-hydrogen) atoms. The van der Waals surface area contributed by atoms with Gasteiger partial charge in [-0.2, -0.15) is 0 Å². The van der Waals surface area contributed by atoms with Gasteiger partial charge in [0.2, 0.25) is 0 Å². The van der Waals surface area contributed by atoms with Gasteiger partial charge in [0.15, 0.2) is 0 Å². The van der Waals surface area contributed by atoms with Crippen molar-refractivity contribution in [3.05, 3.63) is 101 Å². The largest absolute Gasteiger partial charge is 0.361 e. The molecule has 0 aliphatic carbocycles. The molecule has 160 valence electrons. The fourth-order valence-corrected chi connectivity index (χ4v) is 4.24. The molecule has 5 rings (SSSR count). The summed E-state index contributed by atoms with van der Waals surface area (Å²) in [4.78, 5) is 21.1. The van der Waals surface area contributed by atoms with Gasteiger partial charge in [0.25, 0.3) is 5.56 Å². The monoisotopic (exact) mass is 421 g/mol. The smallest absolute Gasteiger partial charge is 0.261 e. The molecule has 3 aromatic carbocycles. The molecule has 0 aliphatic rings. The lowest BCUT2D eigenvalue weighted by Gasteiger charge is -2.19. The van der Waals surface area contributed by atoms with Gasteiger partial charge >= 0.3 is 0 Å². The highest BCUT2D eigenvalue weighted by Gasteiger charge is 2.13. The third-order valence-corrected chi connectivity index (χ3v) is 6.21. The van der Waals surface area contributed by atoms with Gasteiger partial charge in [-0.15, -0.1) is 0 Å². The highest BCUT2D eigenvalue weighted by Crippen LogP contribution is 2.27. The van der Waals surface area contributed by atoms with E-state index in [2.05, 4.69) is 67.1 Å². The molecule has 0 bridgehead atoms. The van der Waals surface area contributed by atoms with E-state index in [0.717, 1.165) is 28.6 Å². The third-order valence-electron chi connectivity index (χ3n) is 6.21. The summed E-state index contributed by atoms with van der Waals surface area (Å²) in [5, 5.41) is 1.86. The molecule has 0 fully saturated rings. The molecule has 0 amide bonds. The second-order valence-electron chi connectivity index (χ2n) is 9.41. The predicted molar refractivity (Wildman–Crippen MR) is 132 cm³/mol. The molecule has 4 nitrogen and oxygen atoms in total. The Labute approximate surface area is 187 Å². The Bertz CT molecular complexity index is 1470. The number of aromatic nitrogens is 3. The molecule has 1 N–H and O–H groups in total. The molecular formula is C28H27N3O. The van der Waals surface area contributed by atoms with Gasteiger partial charge in [0.1, 0.15) is 0 Å². The molecule has 0 unspecified atom stereocenters. The standard InChI is InChI=1S/C28H27N3O/c1-28(2,3)22-11-8-19(9-12-22)20-10-13-26-24(16-20)27(32)31(18-30-26)15-14-21-17-29-25-7-5-4-6-23(21)25/h4-13,16-18,29H,14-15H2,1-3H3. The van der Waals surface area contributed by atoms with Gasteiger partial charge in [-0.1, -0.05) is 69.3 Å². The van der Waals surface area contributed by atoms with Gasteiger partial charge in [0, 0.05) is 23.6 Å². The fourth-order valence-electron chi connectivity index (χ4n) is 4.24. The molecule has 0 spiro atoms. The molecule has 2 heterocycles. The summed E-state index contributed by atoms with van der Waals surface area (Å²) in [5.74, 6) is 0. The van der Waals surface area contributed by atoms with E-state index < -0.39 is 0 Å². The normalized spacial score (nSPS) is 12.0. The third kappa shape index (κ3) is 3.73. The molecule has 0 atom stereocenters. The van der Waals surface area contributed by atoms with Crippen molar-refractivity contribution >= 4 is 21.8 Å². The van der Waals surface area contributed by atoms with Crippen molar-refractivity contribution in [2.75, 3.05) is 0 Å². The van der Waals surface area contributed by atoms with Gasteiger partial charge < -0.3 is 4.98 Å². The SMILES string of the molecule is CC(C)(C)c1ccc(-c2ccc3ncn(CCc4c[nH]c5ccccc45)c(=O)c3c2)cc1. The molecule has 0 saturated heterocycles. The van der Waals surface area contributed by atoms with Gasteiger partial charge in [0.05, 0.1) is 17.2 Å². The Morgan fingerprint density at radius 1 is 0.906 bits per heavy atom. The fraction of sp³-hybridized carbons (Fsp3) is 0.214. The lowest BCUT2D eigenvalue weighted by Crippen LogP contribution is -2.21. The second kappa shape index (κ2) is 7.79. The van der Waals surface area contributed by atoms with E-state index in [0.29, 0.717) is 11.9 Å². The Kier molecular flexibility index (Phi) is 4.93. The number of hydrogen-bond acceptors (Lipinski definition) is 2. The zero-order chi connectivity index (χ0) is 22.3. The summed E-state index contributed by atoms with van der Waals surface area (Å²) >= 11 is 0. The van der Waals surface area contributed by atoms with Crippen LogP contribution in [0.3, 0.4) is 0 Å². The summed E-state index contributed by atoms with van der Waals surface area (Å²) < 4.78 is 1.72. The number of hydrogen-bond donors (Lipinski definition) is 1. The maximum Gasteiger partial charge on any atom is 0.261 e. The highest BCUT2D eigenvalue weighted by atomic mass is 16.1. The zero-order valence-corrected chi connectivity index (χ0v) is 18.7. The summed E-state index contributed by atoms with van der Waals surface area (Å²) in [6, 6.07) is 22.8. The van der Waals surface area contributed by atoms with E-state index in [1.54, 1.807) is 10.9 Å². The molecule has 0 aliphatic heterocycles. The number of nitrogens with one attached hydrogen (secondary N) is 1. The van der Waals surface area contributed by atoms with Crippen LogP contribution in [0.4, 0.5) is 0 Å². The van der Waals surface area contributed by atoms with E-state index in [-0.39, 0.29) is 11.0 Å². The van der Waals surface area contributed by atoms with Crippen molar-refractivity contribution in [2.24, 2.45) is 0 Å². The average molecular weight is 422 g/mol. The molecule has 5 aromatic rings. The van der Waals surface area contributed by atoms with Crippen molar-refractivity contribution in [1.82, 2.24) is 14.5 Å². The van der Waals surface area contributed by atoms with E-state index in [9.17, 15) is 4.79 Å². The van der Waals surface area contributed by atoms with E-state index >= 15 is 0 Å². The van der Waals surface area contributed by atoms with Crippen molar-refractivity contribution in [3.63, 3.8) is 0 Å². The number of nitrogens with zero attached hydrogens (tertiary/aromatic N) is 2. The van der Waals surface area contributed by atoms with Crippen LogP contribution in [0.1, 0.15) is 31.9 Å². The molecule has 2 aromatic heterocycles. The van der Waals surface area contributed by atoms with Crippen LogP contribution in [0.5, 0.6) is 0 Å². The van der Waals surface area contributed by atoms with E-state index in [1.807, 2.05) is 36.5 Å². The zero-order valence-electron chi connectivity index (χ0n) is 18.7. The summed E-state index contributed by atoms with van der Waals surface area (Å²) in [7, 11) is 0. The summed E-state index contributed by atoms with van der Waals surface area (Å²) in [5.41, 5.74) is 6.61. The van der Waals surface area contributed by atoms with E-state index in [4.69, 9.17) is 0 Å². The maximum atomic E-state index is 13.2. The van der Waals surface area contributed by atoms with Crippen LogP contribution in [0, 0.1) is 0 Å². The average Bonchev–Trinajstić information content (AvgIpc) is 3.21. The number of aryl methyl sites for hydroxylation is 2.